The van der Waals surface area contributed by atoms with Gasteiger partial charge in [-0.3, -0.25) is 0 Å². The molecule has 3 heteroatoms. The minimum absolute atomic E-state index is 0.172. The molecule has 0 unspecified atom stereocenters. The van der Waals surface area contributed by atoms with Gasteiger partial charge in [-0.1, -0.05) is 58.0 Å². The first kappa shape index (κ1) is 16.9. The third kappa shape index (κ3) is 4.07. The Labute approximate surface area is 137 Å². The lowest BCUT2D eigenvalue weighted by Crippen LogP contribution is -2.15. The van der Waals surface area contributed by atoms with Crippen molar-refractivity contribution in [1.82, 2.24) is 0 Å². The maximum Gasteiger partial charge on any atom is 0.346 e. The molecule has 2 rings (SSSR count). The molecule has 0 heterocycles. The fourth-order valence-corrected chi connectivity index (χ4v) is 2.39. The van der Waals surface area contributed by atoms with Crippen LogP contribution in [0, 0.1) is 0 Å². The summed E-state index contributed by atoms with van der Waals surface area (Å²) >= 11 is 0. The van der Waals surface area contributed by atoms with Crippen LogP contribution in [-0.2, 0) is 4.74 Å². The highest BCUT2D eigenvalue weighted by molar-refractivity contribution is 6.03. The number of hydrogen-bond acceptors (Lipinski definition) is 3. The quantitative estimate of drug-likeness (QED) is 0.594. The first-order valence-corrected chi connectivity index (χ1v) is 7.85. The summed E-state index contributed by atoms with van der Waals surface area (Å²) < 4.78 is 5.07. The zero-order chi connectivity index (χ0) is 17.0. The predicted octanol–water partition coefficient (Wildman–Crippen LogP) is 4.93. The molecule has 2 aromatic rings. The van der Waals surface area contributed by atoms with E-state index in [0.29, 0.717) is 17.0 Å². The van der Waals surface area contributed by atoms with Crippen molar-refractivity contribution < 1.29 is 14.3 Å². The SMILES string of the molecule is CC(C)c1ccc(C(C)C)c(C(=O)OC(=O)c2ccccc2)c1. The zero-order valence-electron chi connectivity index (χ0n) is 14.0. The Kier molecular flexibility index (Phi) is 5.32. The second kappa shape index (κ2) is 7.23. The number of hydrogen-bond donors (Lipinski definition) is 0. The molecule has 0 radical (unpaired) electrons. The Hall–Kier alpha value is -2.42. The average Bonchev–Trinajstić information content (AvgIpc) is 2.54. The number of esters is 2. The van der Waals surface area contributed by atoms with Crippen LogP contribution in [0.5, 0.6) is 0 Å². The summed E-state index contributed by atoms with van der Waals surface area (Å²) in [6.45, 7) is 8.16. The van der Waals surface area contributed by atoms with Crippen LogP contribution < -0.4 is 0 Å². The van der Waals surface area contributed by atoms with Crippen molar-refractivity contribution in [1.29, 1.82) is 0 Å². The molecule has 0 atom stereocenters. The molecule has 0 saturated carbocycles. The summed E-state index contributed by atoms with van der Waals surface area (Å²) in [4.78, 5) is 24.6. The molecule has 0 fully saturated rings. The second-order valence-corrected chi connectivity index (χ2v) is 6.20. The molecule has 0 aliphatic heterocycles. The molecule has 23 heavy (non-hydrogen) atoms. The lowest BCUT2D eigenvalue weighted by molar-refractivity contribution is 0.0396. The summed E-state index contributed by atoms with van der Waals surface area (Å²) in [7, 11) is 0. The van der Waals surface area contributed by atoms with Gasteiger partial charge < -0.3 is 4.74 Å². The van der Waals surface area contributed by atoms with E-state index in [0.717, 1.165) is 11.1 Å². The smallest absolute Gasteiger partial charge is 0.346 e. The first-order chi connectivity index (χ1) is 10.9. The molecule has 0 aliphatic rings. The lowest BCUT2D eigenvalue weighted by atomic mass is 9.92. The Balaban J connectivity index is 2.30. The molecule has 0 N–H and O–H groups in total. The molecular weight excluding hydrogens is 288 g/mol. The van der Waals surface area contributed by atoms with E-state index in [9.17, 15) is 9.59 Å². The van der Waals surface area contributed by atoms with Crippen molar-refractivity contribution >= 4 is 11.9 Å². The molecular formula is C20H22O3. The van der Waals surface area contributed by atoms with Gasteiger partial charge in [0.25, 0.3) is 0 Å². The van der Waals surface area contributed by atoms with Gasteiger partial charge in [-0.05, 0) is 41.2 Å². The molecule has 0 saturated heterocycles. The van der Waals surface area contributed by atoms with Gasteiger partial charge in [-0.15, -0.1) is 0 Å². The zero-order valence-corrected chi connectivity index (χ0v) is 14.0. The van der Waals surface area contributed by atoms with Crippen LogP contribution in [-0.4, -0.2) is 11.9 Å². The number of ether oxygens (including phenoxy) is 1. The van der Waals surface area contributed by atoms with Gasteiger partial charge in [0.15, 0.2) is 0 Å². The molecule has 0 amide bonds. The Bertz CT molecular complexity index is 700. The summed E-state index contributed by atoms with van der Waals surface area (Å²) in [6.07, 6.45) is 0. The third-order valence-electron chi connectivity index (χ3n) is 3.78. The van der Waals surface area contributed by atoms with E-state index in [1.165, 1.54) is 0 Å². The van der Waals surface area contributed by atoms with E-state index in [2.05, 4.69) is 13.8 Å². The minimum atomic E-state index is -0.625. The molecule has 0 aromatic heterocycles. The predicted molar refractivity (Wildman–Crippen MR) is 90.8 cm³/mol. The van der Waals surface area contributed by atoms with Gasteiger partial charge in [0, 0.05) is 0 Å². The highest BCUT2D eigenvalue weighted by Crippen LogP contribution is 2.25. The van der Waals surface area contributed by atoms with E-state index in [1.807, 2.05) is 38.1 Å². The highest BCUT2D eigenvalue weighted by Gasteiger charge is 2.20. The normalized spacial score (nSPS) is 10.9. The Morgan fingerprint density at radius 2 is 1.48 bits per heavy atom. The van der Waals surface area contributed by atoms with Crippen molar-refractivity contribution in [2.24, 2.45) is 0 Å². The Morgan fingerprint density at radius 1 is 0.826 bits per heavy atom. The first-order valence-electron chi connectivity index (χ1n) is 7.85. The molecule has 2 aromatic carbocycles. The van der Waals surface area contributed by atoms with Crippen molar-refractivity contribution in [3.8, 4) is 0 Å². The second-order valence-electron chi connectivity index (χ2n) is 6.20. The molecule has 120 valence electrons. The van der Waals surface area contributed by atoms with E-state index in [-0.39, 0.29) is 5.92 Å². The fraction of sp³-hybridized carbons (Fsp3) is 0.300. The number of carbonyl (C=O) groups is 2. The minimum Gasteiger partial charge on any atom is -0.386 e. The summed E-state index contributed by atoms with van der Waals surface area (Å²) in [5.41, 5.74) is 2.77. The van der Waals surface area contributed by atoms with Crippen molar-refractivity contribution in [3.05, 3.63) is 70.8 Å². The van der Waals surface area contributed by atoms with Gasteiger partial charge in [-0.25, -0.2) is 9.59 Å². The van der Waals surface area contributed by atoms with E-state index in [1.54, 1.807) is 24.3 Å². The van der Waals surface area contributed by atoms with Gasteiger partial charge in [0.05, 0.1) is 11.1 Å². The lowest BCUT2D eigenvalue weighted by Gasteiger charge is -2.15. The average molecular weight is 310 g/mol. The van der Waals surface area contributed by atoms with Gasteiger partial charge >= 0.3 is 11.9 Å². The highest BCUT2D eigenvalue weighted by atomic mass is 16.6. The maximum absolute atomic E-state index is 12.5. The van der Waals surface area contributed by atoms with Crippen LogP contribution in [0.15, 0.2) is 48.5 Å². The van der Waals surface area contributed by atoms with Crippen molar-refractivity contribution in [3.63, 3.8) is 0 Å². The van der Waals surface area contributed by atoms with Crippen LogP contribution in [0.4, 0.5) is 0 Å². The number of benzene rings is 2. The molecule has 0 bridgehead atoms. The van der Waals surface area contributed by atoms with Crippen LogP contribution in [0.1, 0.15) is 71.4 Å². The molecule has 0 spiro atoms. The van der Waals surface area contributed by atoms with Crippen molar-refractivity contribution in [2.45, 2.75) is 39.5 Å². The topological polar surface area (TPSA) is 43.4 Å². The van der Waals surface area contributed by atoms with Crippen molar-refractivity contribution in [2.75, 3.05) is 0 Å². The standard InChI is InChI=1S/C20H22O3/c1-13(2)16-10-11-17(14(3)4)18(12-16)20(22)23-19(21)15-8-6-5-7-9-15/h5-14H,1-4H3. The largest absolute Gasteiger partial charge is 0.386 e. The van der Waals surface area contributed by atoms with Crippen LogP contribution in [0.3, 0.4) is 0 Å². The monoisotopic (exact) mass is 310 g/mol. The summed E-state index contributed by atoms with van der Waals surface area (Å²) in [5, 5.41) is 0. The number of rotatable bonds is 4. The molecule has 3 nitrogen and oxygen atoms in total. The Morgan fingerprint density at radius 3 is 2.04 bits per heavy atom. The fourth-order valence-electron chi connectivity index (χ4n) is 2.39. The van der Waals surface area contributed by atoms with Crippen LogP contribution >= 0.6 is 0 Å². The van der Waals surface area contributed by atoms with Crippen LogP contribution in [0.2, 0.25) is 0 Å². The van der Waals surface area contributed by atoms with Gasteiger partial charge in [0.2, 0.25) is 0 Å². The van der Waals surface area contributed by atoms with E-state index < -0.39 is 11.9 Å². The summed E-state index contributed by atoms with van der Waals surface area (Å²) in [5.74, 6) is -0.747. The van der Waals surface area contributed by atoms with Gasteiger partial charge in [-0.2, -0.15) is 0 Å². The van der Waals surface area contributed by atoms with Gasteiger partial charge in [0.1, 0.15) is 0 Å². The number of carbonyl (C=O) groups excluding carboxylic acids is 2. The van der Waals surface area contributed by atoms with E-state index in [4.69, 9.17) is 4.74 Å². The van der Waals surface area contributed by atoms with Crippen LogP contribution in [0.25, 0.3) is 0 Å². The summed E-state index contributed by atoms with van der Waals surface area (Å²) in [6, 6.07) is 14.3. The molecule has 0 aliphatic carbocycles. The maximum atomic E-state index is 12.5. The van der Waals surface area contributed by atoms with E-state index >= 15 is 0 Å². The third-order valence-corrected chi connectivity index (χ3v) is 3.78.